The van der Waals surface area contributed by atoms with Gasteiger partial charge in [-0.25, -0.2) is 9.97 Å². The number of nitrogens with zero attached hydrogens (tertiary/aromatic N) is 2. The number of hydrogen-bond acceptors (Lipinski definition) is 5. The van der Waals surface area contributed by atoms with Crippen molar-refractivity contribution in [3.8, 4) is 0 Å². The van der Waals surface area contributed by atoms with Gasteiger partial charge in [-0.3, -0.25) is 0 Å². The Bertz CT molecular complexity index is 298. The summed E-state index contributed by atoms with van der Waals surface area (Å²) in [6.45, 7) is 0.993. The van der Waals surface area contributed by atoms with Gasteiger partial charge in [0.25, 0.3) is 0 Å². The number of halogens is 1. The monoisotopic (exact) mass is 275 g/mol. The van der Waals surface area contributed by atoms with Gasteiger partial charge < -0.3 is 15.2 Å². The van der Waals surface area contributed by atoms with Gasteiger partial charge >= 0.3 is 0 Å². The molecule has 15 heavy (non-hydrogen) atoms. The Balaban J connectivity index is 2.29. The van der Waals surface area contributed by atoms with Crippen LogP contribution in [0.1, 0.15) is 6.42 Å². The van der Waals surface area contributed by atoms with E-state index in [1.54, 1.807) is 13.3 Å². The van der Waals surface area contributed by atoms with E-state index in [2.05, 4.69) is 31.2 Å². The lowest BCUT2D eigenvalue weighted by Gasteiger charge is -2.10. The van der Waals surface area contributed by atoms with E-state index in [0.717, 1.165) is 10.3 Å². The standard InChI is InChI=1S/C9H14BrN3O2/c1-15-5-7(14)2-3-12-9-8(10)4-11-6-13-9/h4,6-7,14H,2-3,5H2,1H3,(H,11,12,13). The number of aliphatic hydroxyl groups is 1. The third kappa shape index (κ3) is 4.55. The minimum Gasteiger partial charge on any atom is -0.391 e. The van der Waals surface area contributed by atoms with Gasteiger partial charge in [-0.05, 0) is 22.4 Å². The lowest BCUT2D eigenvalue weighted by Crippen LogP contribution is -2.18. The third-order valence-electron chi connectivity index (χ3n) is 1.80. The van der Waals surface area contributed by atoms with E-state index in [9.17, 15) is 5.11 Å². The SMILES string of the molecule is COCC(O)CCNc1ncncc1Br. The van der Waals surface area contributed by atoms with E-state index < -0.39 is 6.10 Å². The molecule has 1 rings (SSSR count). The Morgan fingerprint density at radius 2 is 2.47 bits per heavy atom. The number of aromatic nitrogens is 2. The molecule has 0 spiro atoms. The average Bonchev–Trinajstić information content (AvgIpc) is 2.21. The van der Waals surface area contributed by atoms with Gasteiger partial charge in [0.05, 0.1) is 17.2 Å². The van der Waals surface area contributed by atoms with Crippen molar-refractivity contribution in [3.63, 3.8) is 0 Å². The highest BCUT2D eigenvalue weighted by Gasteiger charge is 2.04. The minimum absolute atomic E-state index is 0.354. The zero-order valence-corrected chi connectivity index (χ0v) is 10.1. The van der Waals surface area contributed by atoms with E-state index in [1.807, 2.05) is 0 Å². The number of methoxy groups -OCH3 is 1. The van der Waals surface area contributed by atoms with E-state index in [4.69, 9.17) is 4.74 Å². The van der Waals surface area contributed by atoms with Crippen LogP contribution in [0.4, 0.5) is 5.82 Å². The number of ether oxygens (including phenoxy) is 1. The molecule has 0 fully saturated rings. The fourth-order valence-corrected chi connectivity index (χ4v) is 1.44. The molecular formula is C9H14BrN3O2. The fraction of sp³-hybridized carbons (Fsp3) is 0.556. The third-order valence-corrected chi connectivity index (χ3v) is 2.38. The molecule has 0 aliphatic rings. The first-order valence-electron chi connectivity index (χ1n) is 4.60. The van der Waals surface area contributed by atoms with E-state index in [-0.39, 0.29) is 0 Å². The topological polar surface area (TPSA) is 67.3 Å². The van der Waals surface area contributed by atoms with E-state index in [1.165, 1.54) is 6.33 Å². The lowest BCUT2D eigenvalue weighted by atomic mass is 10.2. The number of nitrogens with one attached hydrogen (secondary N) is 1. The first kappa shape index (κ1) is 12.4. The highest BCUT2D eigenvalue weighted by Crippen LogP contribution is 2.16. The van der Waals surface area contributed by atoms with Gasteiger partial charge in [-0.1, -0.05) is 0 Å². The quantitative estimate of drug-likeness (QED) is 0.813. The summed E-state index contributed by atoms with van der Waals surface area (Å²) in [5.74, 6) is 0.731. The van der Waals surface area contributed by atoms with Crippen molar-refractivity contribution in [2.24, 2.45) is 0 Å². The molecule has 0 bridgehead atoms. The van der Waals surface area contributed by atoms with Gasteiger partial charge in [0.1, 0.15) is 12.1 Å². The molecule has 1 atom stereocenters. The molecule has 2 N–H and O–H groups in total. The first-order valence-corrected chi connectivity index (χ1v) is 5.39. The van der Waals surface area contributed by atoms with Crippen LogP contribution in [0.3, 0.4) is 0 Å². The molecule has 0 aromatic carbocycles. The number of hydrogen-bond donors (Lipinski definition) is 2. The van der Waals surface area contributed by atoms with Crippen LogP contribution in [0.15, 0.2) is 17.0 Å². The molecule has 0 aliphatic heterocycles. The van der Waals surface area contributed by atoms with Gasteiger partial charge in [0, 0.05) is 19.9 Å². The summed E-state index contributed by atoms with van der Waals surface area (Å²) in [6, 6.07) is 0. The average molecular weight is 276 g/mol. The molecule has 0 saturated heterocycles. The summed E-state index contributed by atoms with van der Waals surface area (Å²) in [5, 5.41) is 12.5. The molecule has 0 amide bonds. The predicted molar refractivity (Wildman–Crippen MR) is 60.7 cm³/mol. The van der Waals surface area contributed by atoms with Crippen molar-refractivity contribution in [1.82, 2.24) is 9.97 Å². The van der Waals surface area contributed by atoms with Gasteiger partial charge in [0.15, 0.2) is 0 Å². The van der Waals surface area contributed by atoms with Crippen molar-refractivity contribution in [3.05, 3.63) is 17.0 Å². The Hall–Kier alpha value is -0.720. The maximum atomic E-state index is 9.39. The van der Waals surface area contributed by atoms with Crippen LogP contribution in [0, 0.1) is 0 Å². The summed E-state index contributed by atoms with van der Waals surface area (Å²) in [4.78, 5) is 7.89. The zero-order valence-electron chi connectivity index (χ0n) is 8.48. The Morgan fingerprint density at radius 3 is 3.13 bits per heavy atom. The zero-order chi connectivity index (χ0) is 11.1. The molecule has 1 heterocycles. The molecule has 6 heteroatoms. The molecule has 1 unspecified atom stereocenters. The van der Waals surface area contributed by atoms with Crippen molar-refractivity contribution < 1.29 is 9.84 Å². The highest BCUT2D eigenvalue weighted by atomic mass is 79.9. The van der Waals surface area contributed by atoms with E-state index >= 15 is 0 Å². The number of aliphatic hydroxyl groups excluding tert-OH is 1. The fourth-order valence-electron chi connectivity index (χ4n) is 1.08. The second-order valence-electron chi connectivity index (χ2n) is 3.04. The summed E-state index contributed by atoms with van der Waals surface area (Å²) in [5.41, 5.74) is 0. The molecule has 0 aliphatic carbocycles. The van der Waals surface area contributed by atoms with Crippen molar-refractivity contribution >= 4 is 21.7 Å². The number of rotatable bonds is 6. The highest BCUT2D eigenvalue weighted by molar-refractivity contribution is 9.10. The molecule has 5 nitrogen and oxygen atoms in total. The Kier molecular flexibility index (Phi) is 5.52. The van der Waals surface area contributed by atoms with E-state index in [0.29, 0.717) is 19.6 Å². The van der Waals surface area contributed by atoms with Crippen LogP contribution in [0.25, 0.3) is 0 Å². The molecule has 84 valence electrons. The summed E-state index contributed by atoms with van der Waals surface area (Å²) >= 11 is 3.32. The Morgan fingerprint density at radius 1 is 1.67 bits per heavy atom. The summed E-state index contributed by atoms with van der Waals surface area (Å²) < 4.78 is 5.63. The van der Waals surface area contributed by atoms with Crippen molar-refractivity contribution in [2.75, 3.05) is 25.6 Å². The normalized spacial score (nSPS) is 12.5. The molecule has 0 radical (unpaired) electrons. The molecular weight excluding hydrogens is 262 g/mol. The van der Waals surface area contributed by atoms with Crippen LogP contribution < -0.4 is 5.32 Å². The van der Waals surface area contributed by atoms with Gasteiger partial charge in [-0.15, -0.1) is 0 Å². The van der Waals surface area contributed by atoms with Gasteiger partial charge in [-0.2, -0.15) is 0 Å². The van der Waals surface area contributed by atoms with Crippen LogP contribution >= 0.6 is 15.9 Å². The molecule has 1 aromatic heterocycles. The van der Waals surface area contributed by atoms with Crippen molar-refractivity contribution in [2.45, 2.75) is 12.5 Å². The second kappa shape index (κ2) is 6.71. The summed E-state index contributed by atoms with van der Waals surface area (Å²) in [6.07, 6.45) is 3.31. The number of anilines is 1. The van der Waals surface area contributed by atoms with Crippen LogP contribution in [0.2, 0.25) is 0 Å². The molecule has 1 aromatic rings. The maximum absolute atomic E-state index is 9.39. The van der Waals surface area contributed by atoms with Crippen molar-refractivity contribution in [1.29, 1.82) is 0 Å². The smallest absolute Gasteiger partial charge is 0.143 e. The largest absolute Gasteiger partial charge is 0.391 e. The van der Waals surface area contributed by atoms with Gasteiger partial charge in [0.2, 0.25) is 0 Å². The summed E-state index contributed by atoms with van der Waals surface area (Å²) in [7, 11) is 1.57. The molecule has 0 saturated carbocycles. The second-order valence-corrected chi connectivity index (χ2v) is 3.90. The minimum atomic E-state index is -0.442. The Labute approximate surface area is 97.0 Å². The lowest BCUT2D eigenvalue weighted by molar-refractivity contribution is 0.0615. The van der Waals surface area contributed by atoms with Crippen LogP contribution in [-0.2, 0) is 4.74 Å². The first-order chi connectivity index (χ1) is 7.24. The predicted octanol–water partition coefficient (Wildman–Crippen LogP) is 1.05. The maximum Gasteiger partial charge on any atom is 0.143 e. The van der Waals surface area contributed by atoms with Crippen LogP contribution in [-0.4, -0.2) is 41.4 Å². The van der Waals surface area contributed by atoms with Crippen LogP contribution in [0.5, 0.6) is 0 Å².